The Bertz CT molecular complexity index is 1020. The lowest BCUT2D eigenvalue weighted by Gasteiger charge is -2.24. The SMILES string of the molecule is CCCCCCCC/C=C\CCCCCCCC(=O)OCC(COP(=O)(O)OCC[N+](C)(C)C)OC(=O)CCCCCCC/C=C\CCCCCCCC.[2H]OPC. The van der Waals surface area contributed by atoms with Gasteiger partial charge in [0.05, 0.1) is 27.7 Å². The molecule has 0 radical (unpaired) electrons. The molecule has 0 fully saturated rings. The molecule has 0 saturated heterocycles. The average molecular weight is 852 g/mol. The smallest absolute Gasteiger partial charge is 0.462 e. The Hall–Kier alpha value is -1.12. The zero-order valence-corrected chi connectivity index (χ0v) is 39.5. The summed E-state index contributed by atoms with van der Waals surface area (Å²) >= 11 is 0. The van der Waals surface area contributed by atoms with Crippen LogP contribution in [0.3, 0.4) is 0 Å². The molecule has 2 N–H and O–H groups in total. The van der Waals surface area contributed by atoms with E-state index in [9.17, 15) is 19.0 Å². The van der Waals surface area contributed by atoms with E-state index < -0.39 is 26.5 Å². The van der Waals surface area contributed by atoms with Gasteiger partial charge in [-0.2, -0.15) is 0 Å². The quantitative estimate of drug-likeness (QED) is 0.0203. The van der Waals surface area contributed by atoms with Gasteiger partial charge in [-0.3, -0.25) is 18.6 Å². The van der Waals surface area contributed by atoms with Crippen LogP contribution in [0.4, 0.5) is 0 Å². The average Bonchev–Trinajstić information content (AvgIpc) is 3.18. The van der Waals surface area contributed by atoms with E-state index in [2.05, 4.69) is 43.0 Å². The highest BCUT2D eigenvalue weighted by Crippen LogP contribution is 2.43. The molecule has 10 nitrogen and oxygen atoms in total. The molecule has 57 heavy (non-hydrogen) atoms. The van der Waals surface area contributed by atoms with Crippen LogP contribution >= 0.6 is 16.6 Å². The highest BCUT2D eigenvalue weighted by atomic mass is 31.2. The number of carbonyl (C=O) groups is 2. The van der Waals surface area contributed by atoms with Crippen molar-refractivity contribution in [3.63, 3.8) is 0 Å². The molecule has 0 spiro atoms. The number of rotatable bonds is 41. The molecule has 0 rings (SSSR count). The molecule has 0 amide bonds. The number of ether oxygens (including phenoxy) is 2. The Kier molecular flexibility index (Phi) is 42.1. The van der Waals surface area contributed by atoms with E-state index >= 15 is 0 Å². The second kappa shape index (κ2) is 43.0. The Labute approximate surface area is 354 Å². The lowest BCUT2D eigenvalue weighted by Crippen LogP contribution is -2.37. The molecule has 0 aromatic rings. The summed E-state index contributed by atoms with van der Waals surface area (Å²) in [6, 6.07) is 0. The van der Waals surface area contributed by atoms with Crippen molar-refractivity contribution in [2.24, 2.45) is 0 Å². The number of likely N-dealkylation sites (N-methyl/N-ethyl adjacent to an activating group) is 1. The van der Waals surface area contributed by atoms with Crippen molar-refractivity contribution in [1.82, 2.24) is 0 Å². The van der Waals surface area contributed by atoms with E-state index in [0.29, 0.717) is 26.3 Å². The molecule has 0 aliphatic heterocycles. The molecule has 3 atom stereocenters. The summed E-state index contributed by atoms with van der Waals surface area (Å²) in [6.07, 6.45) is 39.3. The van der Waals surface area contributed by atoms with E-state index in [0.717, 1.165) is 70.6 Å². The van der Waals surface area contributed by atoms with Gasteiger partial charge in [0.25, 0.3) is 0 Å². The first kappa shape index (κ1) is 55.9. The van der Waals surface area contributed by atoms with Gasteiger partial charge in [0.1, 0.15) is 19.8 Å². The summed E-state index contributed by atoms with van der Waals surface area (Å²) in [5, 5.41) is 0. The van der Waals surface area contributed by atoms with Crippen molar-refractivity contribution < 1.29 is 46.9 Å². The topological polar surface area (TPSA) is 129 Å². The van der Waals surface area contributed by atoms with E-state index in [1.165, 1.54) is 89.9 Å². The molecular weight excluding hydrogens is 760 g/mol. The first-order valence-corrected chi connectivity index (χ1v) is 25.7. The second-order valence-electron chi connectivity index (χ2n) is 16.3. The third kappa shape index (κ3) is 49.1. The van der Waals surface area contributed by atoms with Gasteiger partial charge in [-0.15, -0.1) is 0 Å². The third-order valence-electron chi connectivity index (χ3n) is 9.45. The molecule has 0 saturated carbocycles. The number of phosphoric ester groups is 1. The maximum absolute atomic E-state index is 12.7. The Morgan fingerprint density at radius 1 is 0.632 bits per heavy atom. The molecule has 12 heteroatoms. The largest absolute Gasteiger partial charge is 0.472 e. The minimum absolute atomic E-state index is 0.0299. The highest BCUT2D eigenvalue weighted by molar-refractivity contribution is 7.47. The summed E-state index contributed by atoms with van der Waals surface area (Å²) in [7, 11) is 1.78. The van der Waals surface area contributed by atoms with E-state index in [1.54, 1.807) is 6.66 Å². The van der Waals surface area contributed by atoms with Gasteiger partial charge >= 0.3 is 19.8 Å². The minimum Gasteiger partial charge on any atom is -0.462 e. The van der Waals surface area contributed by atoms with Crippen LogP contribution in [0.2, 0.25) is 0 Å². The van der Waals surface area contributed by atoms with E-state index in [4.69, 9.17) is 20.0 Å². The number of nitrogens with zero attached hydrogens (tertiary/aromatic N) is 1. The Morgan fingerprint density at radius 3 is 1.42 bits per heavy atom. The summed E-state index contributed by atoms with van der Waals surface area (Å²) in [5.41, 5.74) is 0. The van der Waals surface area contributed by atoms with Gasteiger partial charge in [-0.1, -0.05) is 141 Å². The van der Waals surface area contributed by atoms with Crippen LogP contribution in [0.15, 0.2) is 24.3 Å². The third-order valence-corrected chi connectivity index (χ3v) is 10.4. The van der Waals surface area contributed by atoms with Crippen molar-refractivity contribution in [2.45, 2.75) is 200 Å². The van der Waals surface area contributed by atoms with Crippen LogP contribution in [-0.2, 0) is 32.7 Å². The van der Waals surface area contributed by atoms with Gasteiger partial charge in [0.15, 0.2) is 6.10 Å². The number of quaternary nitrogens is 1. The van der Waals surface area contributed by atoms with Crippen LogP contribution in [-0.4, -0.2) is 87.9 Å². The van der Waals surface area contributed by atoms with Gasteiger partial charge in [-0.05, 0) is 70.9 Å². The minimum atomic E-state index is -4.37. The number of esters is 2. The second-order valence-corrected chi connectivity index (χ2v) is 18.1. The molecule has 0 bridgehead atoms. The van der Waals surface area contributed by atoms with Gasteiger partial charge < -0.3 is 23.7 Å². The fraction of sp³-hybridized carbons (Fsp3) is 0.867. The van der Waals surface area contributed by atoms with Crippen molar-refractivity contribution in [1.29, 1.82) is 1.43 Å². The number of carbonyl (C=O) groups excluding carboxylic acids is 2. The van der Waals surface area contributed by atoms with Crippen molar-refractivity contribution in [2.75, 3.05) is 54.2 Å². The zero-order chi connectivity index (χ0) is 43.4. The fourth-order valence-electron chi connectivity index (χ4n) is 5.94. The molecule has 0 heterocycles. The number of hydrogen-bond donors (Lipinski definition) is 2. The van der Waals surface area contributed by atoms with Crippen molar-refractivity contribution in [3.8, 4) is 0 Å². The first-order valence-electron chi connectivity index (χ1n) is 23.2. The molecule has 338 valence electrons. The molecule has 0 aliphatic carbocycles. The number of phosphoric acid groups is 1. The molecule has 0 aromatic carbocycles. The summed E-state index contributed by atoms with van der Waals surface area (Å²) in [6.45, 7) is 6.20. The van der Waals surface area contributed by atoms with Crippen molar-refractivity contribution in [3.05, 3.63) is 24.3 Å². The fourth-order valence-corrected chi connectivity index (χ4v) is 6.69. The summed E-state index contributed by atoms with van der Waals surface area (Å²) < 4.78 is 40.2. The van der Waals surface area contributed by atoms with Gasteiger partial charge in [0.2, 0.25) is 1.43 Å². The zero-order valence-electron chi connectivity index (χ0n) is 38.6. The number of allylic oxidation sites excluding steroid dienone is 4. The maximum atomic E-state index is 12.7. The monoisotopic (exact) mass is 852 g/mol. The number of unbranched alkanes of at least 4 members (excludes halogenated alkanes) is 22. The Morgan fingerprint density at radius 2 is 1.02 bits per heavy atom. The van der Waals surface area contributed by atoms with Crippen LogP contribution in [0, 0.1) is 0 Å². The Balaban J connectivity index is 0. The van der Waals surface area contributed by atoms with Crippen LogP contribution in [0.5, 0.6) is 0 Å². The molecular formula is C45H90NO9P2+. The standard InChI is InChI=1S/C44H84NO8P.CH5OP/c1-6-8-10-12-14-16-18-20-22-24-26-28-30-32-34-36-43(46)50-40-42(41-52-54(48,49)51-39-38-45(3,4)5)53-44(47)37-35-33-31-29-27-25-23-21-19-17-15-13-11-9-7-2;1-3-2/h20-23,42H,6-19,24-41H2,1-5H3;2-3H,1H3/p+1/b22-20-,23-21-;/i;2D. The first-order chi connectivity index (χ1) is 27.9. The molecule has 0 aromatic heterocycles. The van der Waals surface area contributed by atoms with Crippen molar-refractivity contribution >= 4 is 28.6 Å². The number of hydrogen-bond acceptors (Lipinski definition) is 8. The lowest BCUT2D eigenvalue weighted by molar-refractivity contribution is -0.870. The van der Waals surface area contributed by atoms with Crippen LogP contribution in [0.25, 0.3) is 0 Å². The van der Waals surface area contributed by atoms with Crippen LogP contribution < -0.4 is 0 Å². The lowest BCUT2D eigenvalue weighted by atomic mass is 10.1. The van der Waals surface area contributed by atoms with Crippen LogP contribution in [0.1, 0.15) is 194 Å². The van der Waals surface area contributed by atoms with Gasteiger partial charge in [0, 0.05) is 21.6 Å². The van der Waals surface area contributed by atoms with E-state index in [1.807, 2.05) is 21.1 Å². The molecule has 3 unspecified atom stereocenters. The van der Waals surface area contributed by atoms with E-state index in [-0.39, 0.29) is 32.0 Å². The normalized spacial score (nSPS) is 13.8. The summed E-state index contributed by atoms with van der Waals surface area (Å²) in [5.74, 6) is -0.814. The molecule has 0 aliphatic rings. The predicted molar refractivity (Wildman–Crippen MR) is 241 cm³/mol. The predicted octanol–water partition coefficient (Wildman–Crippen LogP) is 12.6. The maximum Gasteiger partial charge on any atom is 0.472 e. The van der Waals surface area contributed by atoms with Gasteiger partial charge in [-0.25, -0.2) is 4.57 Å². The summed E-state index contributed by atoms with van der Waals surface area (Å²) in [4.78, 5) is 39.1. The highest BCUT2D eigenvalue weighted by Gasteiger charge is 2.27.